The Hall–Kier alpha value is -2.60. The maximum Gasteiger partial charge on any atom is 0.228 e. The maximum absolute atomic E-state index is 13.1. The van der Waals surface area contributed by atoms with Gasteiger partial charge < -0.3 is 14.7 Å². The molecule has 0 N–H and O–H groups in total. The lowest BCUT2D eigenvalue weighted by Crippen LogP contribution is -2.50. The largest absolute Gasteiger partial charge is 0.368 e. The monoisotopic (exact) mass is 415 g/mol. The highest BCUT2D eigenvalue weighted by atomic mass is 35.5. The van der Waals surface area contributed by atoms with E-state index in [4.69, 9.17) is 11.6 Å². The summed E-state index contributed by atoms with van der Waals surface area (Å²) in [4.78, 5) is 31.1. The number of hydrogen-bond acceptors (Lipinski definition) is 3. The molecule has 0 unspecified atom stereocenters. The molecule has 2 saturated heterocycles. The number of nitrogens with zero attached hydrogens (tertiary/aromatic N) is 3. The van der Waals surface area contributed by atoms with Crippen LogP contribution in [0.1, 0.15) is 12.0 Å². The van der Waals surface area contributed by atoms with Crippen LogP contribution >= 0.6 is 11.6 Å². The molecule has 2 aliphatic rings. The number of benzene rings is 2. The number of likely N-dealkylation sites (tertiary alicyclic amines) is 1. The van der Waals surface area contributed by atoms with Crippen molar-refractivity contribution in [3.8, 4) is 0 Å². The third-order valence-electron chi connectivity index (χ3n) is 5.67. The lowest BCUT2D eigenvalue weighted by Gasteiger charge is -2.37. The summed E-state index contributed by atoms with van der Waals surface area (Å²) in [6.07, 6.45) is 0.251. The molecule has 29 heavy (non-hydrogen) atoms. The Balaban J connectivity index is 1.33. The van der Waals surface area contributed by atoms with E-state index in [1.807, 2.05) is 23.1 Å². The van der Waals surface area contributed by atoms with Crippen LogP contribution in [0.3, 0.4) is 0 Å². The van der Waals surface area contributed by atoms with Crippen LogP contribution in [0.25, 0.3) is 0 Å². The zero-order valence-electron chi connectivity index (χ0n) is 16.1. The average Bonchev–Trinajstić information content (AvgIpc) is 3.10. The van der Waals surface area contributed by atoms with Crippen molar-refractivity contribution in [2.75, 3.05) is 37.6 Å². The van der Waals surface area contributed by atoms with Gasteiger partial charge in [0.05, 0.1) is 5.92 Å². The number of piperazine rings is 1. The third-order valence-corrected chi connectivity index (χ3v) is 6.03. The molecule has 0 spiro atoms. The summed E-state index contributed by atoms with van der Waals surface area (Å²) >= 11 is 6.21. The van der Waals surface area contributed by atoms with E-state index < -0.39 is 0 Å². The van der Waals surface area contributed by atoms with Gasteiger partial charge >= 0.3 is 0 Å². The molecular weight excluding hydrogens is 393 g/mol. The lowest BCUT2D eigenvalue weighted by molar-refractivity contribution is -0.136. The second-order valence-electron chi connectivity index (χ2n) is 7.56. The highest BCUT2D eigenvalue weighted by Gasteiger charge is 2.37. The molecule has 1 atom stereocenters. The van der Waals surface area contributed by atoms with Gasteiger partial charge in [-0.1, -0.05) is 29.8 Å². The van der Waals surface area contributed by atoms with Crippen molar-refractivity contribution in [1.29, 1.82) is 0 Å². The number of carbonyl (C=O) groups excluding carboxylic acids is 2. The smallest absolute Gasteiger partial charge is 0.228 e. The summed E-state index contributed by atoms with van der Waals surface area (Å²) in [7, 11) is 0. The number of rotatable bonds is 4. The van der Waals surface area contributed by atoms with Crippen LogP contribution < -0.4 is 4.90 Å². The van der Waals surface area contributed by atoms with Crippen LogP contribution in [0.4, 0.5) is 10.1 Å². The van der Waals surface area contributed by atoms with E-state index in [1.54, 1.807) is 23.1 Å². The van der Waals surface area contributed by atoms with E-state index in [0.29, 0.717) is 44.3 Å². The van der Waals surface area contributed by atoms with E-state index in [0.717, 1.165) is 11.3 Å². The first kappa shape index (κ1) is 19.7. The second-order valence-corrected chi connectivity index (χ2v) is 7.96. The van der Waals surface area contributed by atoms with Crippen molar-refractivity contribution in [3.63, 3.8) is 0 Å². The summed E-state index contributed by atoms with van der Waals surface area (Å²) in [5.74, 6) is -0.524. The van der Waals surface area contributed by atoms with Crippen molar-refractivity contribution in [3.05, 3.63) is 64.9 Å². The number of anilines is 1. The van der Waals surface area contributed by atoms with E-state index >= 15 is 0 Å². The van der Waals surface area contributed by atoms with Crippen LogP contribution in [0.5, 0.6) is 0 Å². The number of amides is 2. The number of hydrogen-bond donors (Lipinski definition) is 0. The summed E-state index contributed by atoms with van der Waals surface area (Å²) in [6.45, 7) is 3.46. The summed E-state index contributed by atoms with van der Waals surface area (Å²) < 4.78 is 13.1. The third kappa shape index (κ3) is 4.37. The molecule has 0 aromatic heterocycles. The number of carbonyl (C=O) groups is 2. The fourth-order valence-corrected chi connectivity index (χ4v) is 4.21. The van der Waals surface area contributed by atoms with Gasteiger partial charge in [-0.05, 0) is 35.9 Å². The molecule has 7 heteroatoms. The summed E-state index contributed by atoms with van der Waals surface area (Å²) in [5.41, 5.74) is 1.85. The molecule has 2 aromatic carbocycles. The predicted octanol–water partition coefficient (Wildman–Crippen LogP) is 3.18. The van der Waals surface area contributed by atoms with Crippen molar-refractivity contribution in [1.82, 2.24) is 9.80 Å². The van der Waals surface area contributed by atoms with Gasteiger partial charge in [0.1, 0.15) is 5.82 Å². The average molecular weight is 416 g/mol. The molecule has 152 valence electrons. The van der Waals surface area contributed by atoms with Crippen LogP contribution in [-0.4, -0.2) is 54.3 Å². The van der Waals surface area contributed by atoms with Gasteiger partial charge in [0.15, 0.2) is 0 Å². The quantitative estimate of drug-likeness (QED) is 0.770. The molecule has 5 nitrogen and oxygen atoms in total. The van der Waals surface area contributed by atoms with Crippen LogP contribution in [0.15, 0.2) is 48.5 Å². The minimum Gasteiger partial charge on any atom is -0.368 e. The standard InChI is InChI=1S/C22H23ClFN3O2/c23-20-4-2-1-3-16(20)14-27-15-17(13-21(27)28)22(29)26-11-9-25(10-12-26)19-7-5-18(24)6-8-19/h1-8,17H,9-15H2/t17-/m0/s1. The second kappa shape index (κ2) is 8.41. The van der Waals surface area contributed by atoms with Gasteiger partial charge in [-0.3, -0.25) is 9.59 Å². The molecule has 2 aliphatic heterocycles. The Morgan fingerprint density at radius 2 is 1.72 bits per heavy atom. The summed E-state index contributed by atoms with van der Waals surface area (Å²) in [5, 5.41) is 0.631. The Morgan fingerprint density at radius 1 is 1.03 bits per heavy atom. The molecule has 0 saturated carbocycles. The molecule has 0 aliphatic carbocycles. The van der Waals surface area contributed by atoms with Crippen molar-refractivity contribution in [2.24, 2.45) is 5.92 Å². The first-order chi connectivity index (χ1) is 14.0. The van der Waals surface area contributed by atoms with Crippen molar-refractivity contribution in [2.45, 2.75) is 13.0 Å². The Labute approximate surface area is 174 Å². The van der Waals surface area contributed by atoms with Gasteiger partial charge in [0.2, 0.25) is 11.8 Å². The highest BCUT2D eigenvalue weighted by Crippen LogP contribution is 2.26. The maximum atomic E-state index is 13.1. The fraction of sp³-hybridized carbons (Fsp3) is 0.364. The Kier molecular flexibility index (Phi) is 5.72. The van der Waals surface area contributed by atoms with Crippen LogP contribution in [0.2, 0.25) is 5.02 Å². The van der Waals surface area contributed by atoms with E-state index in [9.17, 15) is 14.0 Å². The highest BCUT2D eigenvalue weighted by molar-refractivity contribution is 6.31. The molecule has 4 rings (SSSR count). The molecule has 2 aromatic rings. The van der Waals surface area contributed by atoms with Crippen molar-refractivity contribution < 1.29 is 14.0 Å². The molecule has 2 heterocycles. The van der Waals surface area contributed by atoms with Crippen LogP contribution in [0, 0.1) is 11.7 Å². The fourth-order valence-electron chi connectivity index (χ4n) is 4.02. The van der Waals surface area contributed by atoms with Gasteiger partial charge in [-0.2, -0.15) is 0 Å². The first-order valence-corrected chi connectivity index (χ1v) is 10.2. The lowest BCUT2D eigenvalue weighted by atomic mass is 10.1. The Bertz CT molecular complexity index is 897. The van der Waals surface area contributed by atoms with Gasteiger partial charge in [-0.25, -0.2) is 4.39 Å². The SMILES string of the molecule is O=C1C[C@H](C(=O)N2CCN(c3ccc(F)cc3)CC2)CN1Cc1ccccc1Cl. The molecule has 0 radical (unpaired) electrons. The molecule has 2 amide bonds. The Morgan fingerprint density at radius 3 is 2.41 bits per heavy atom. The summed E-state index contributed by atoms with van der Waals surface area (Å²) in [6, 6.07) is 13.9. The van der Waals surface area contributed by atoms with Crippen LogP contribution in [-0.2, 0) is 16.1 Å². The van der Waals surface area contributed by atoms with Gasteiger partial charge in [0, 0.05) is 56.4 Å². The minimum atomic E-state index is -0.303. The molecular formula is C22H23ClFN3O2. The van der Waals surface area contributed by atoms with E-state index in [1.165, 1.54) is 12.1 Å². The molecule has 0 bridgehead atoms. The normalized spacial score (nSPS) is 19.7. The van der Waals surface area contributed by atoms with E-state index in [2.05, 4.69) is 4.90 Å². The zero-order chi connectivity index (χ0) is 20.4. The minimum absolute atomic E-state index is 0.00628. The van der Waals surface area contributed by atoms with Gasteiger partial charge in [0.25, 0.3) is 0 Å². The topological polar surface area (TPSA) is 43.9 Å². The zero-order valence-corrected chi connectivity index (χ0v) is 16.8. The van der Waals surface area contributed by atoms with E-state index in [-0.39, 0.29) is 30.0 Å². The molecule has 2 fully saturated rings. The van der Waals surface area contributed by atoms with Gasteiger partial charge in [-0.15, -0.1) is 0 Å². The first-order valence-electron chi connectivity index (χ1n) is 9.82. The predicted molar refractivity (Wildman–Crippen MR) is 110 cm³/mol. The van der Waals surface area contributed by atoms with Crippen molar-refractivity contribution >= 4 is 29.1 Å². The number of halogens is 2.